The molecule has 3 N–H and O–H groups in total. The van der Waals surface area contributed by atoms with Crippen molar-refractivity contribution in [1.82, 2.24) is 9.47 Å². The molecule has 3 heterocycles. The maximum Gasteiger partial charge on any atom is 0.323 e. The number of carbonyl (C=O) groups excluding carboxylic acids is 2. The lowest BCUT2D eigenvalue weighted by atomic mass is 9.83. The Bertz CT molecular complexity index is 1070. The third kappa shape index (κ3) is 4.60. The van der Waals surface area contributed by atoms with E-state index in [1.165, 1.54) is 0 Å². The molecular weight excluding hydrogens is 400 g/mol. The number of hydrogen-bond donors (Lipinski definition) is 3. The molecule has 0 spiro atoms. The maximum atomic E-state index is 13.0. The summed E-state index contributed by atoms with van der Waals surface area (Å²) >= 11 is 0. The average molecular weight is 424 g/mol. The maximum absolute atomic E-state index is 13.0. The Hall–Kier alpha value is -3.62. The topological polar surface area (TPSA) is 121 Å². The van der Waals surface area contributed by atoms with Crippen LogP contribution in [0.4, 0.5) is 16.2 Å². The molecule has 4 rings (SSSR count). The van der Waals surface area contributed by atoms with Crippen LogP contribution in [0.15, 0.2) is 47.3 Å². The minimum Gasteiger partial charge on any atom is -0.481 e. The van der Waals surface area contributed by atoms with Gasteiger partial charge >= 0.3 is 12.0 Å². The number of hydrogen-bond acceptors (Lipinski definition) is 4. The molecule has 0 saturated carbocycles. The highest BCUT2D eigenvalue weighted by Crippen LogP contribution is 2.35. The Morgan fingerprint density at radius 3 is 2.48 bits per heavy atom. The van der Waals surface area contributed by atoms with Gasteiger partial charge in [-0.2, -0.15) is 0 Å². The number of anilines is 2. The van der Waals surface area contributed by atoms with Crippen molar-refractivity contribution in [2.45, 2.75) is 31.7 Å². The van der Waals surface area contributed by atoms with Crippen LogP contribution in [0.3, 0.4) is 0 Å². The van der Waals surface area contributed by atoms with E-state index in [0.29, 0.717) is 25.3 Å². The first-order valence-corrected chi connectivity index (χ1v) is 10.3. The molecule has 1 aromatic heterocycles. The van der Waals surface area contributed by atoms with E-state index < -0.39 is 12.0 Å². The first-order chi connectivity index (χ1) is 14.9. The first kappa shape index (κ1) is 20.6. The summed E-state index contributed by atoms with van der Waals surface area (Å²) < 4.78 is 1.69. The third-order valence-electron chi connectivity index (χ3n) is 5.79. The van der Waals surface area contributed by atoms with Gasteiger partial charge in [-0.05, 0) is 36.6 Å². The second-order valence-electron chi connectivity index (χ2n) is 8.02. The summed E-state index contributed by atoms with van der Waals surface area (Å²) in [6.45, 7) is 1.44. The van der Waals surface area contributed by atoms with E-state index in [1.54, 1.807) is 39.8 Å². The number of carbonyl (C=O) groups is 3. The molecular formula is C22H24N4O5. The summed E-state index contributed by atoms with van der Waals surface area (Å²) in [4.78, 5) is 50.1. The molecule has 9 nitrogen and oxygen atoms in total. The number of aliphatic carboxylic acids is 1. The average Bonchev–Trinajstić information content (AvgIpc) is 2.75. The summed E-state index contributed by atoms with van der Waals surface area (Å²) in [5, 5.41) is 14.1. The predicted octanol–water partition coefficient (Wildman–Crippen LogP) is 2.30. The van der Waals surface area contributed by atoms with Gasteiger partial charge in [0.1, 0.15) is 5.69 Å². The van der Waals surface area contributed by atoms with Crippen LogP contribution < -0.4 is 16.2 Å². The fourth-order valence-corrected chi connectivity index (χ4v) is 4.42. The predicted molar refractivity (Wildman–Crippen MR) is 114 cm³/mol. The van der Waals surface area contributed by atoms with Crippen molar-refractivity contribution >= 4 is 29.3 Å². The zero-order valence-electron chi connectivity index (χ0n) is 16.9. The van der Waals surface area contributed by atoms with E-state index in [-0.39, 0.29) is 41.8 Å². The van der Waals surface area contributed by atoms with E-state index in [4.69, 9.17) is 5.11 Å². The molecule has 2 atom stereocenters. The number of piperidine rings is 1. The summed E-state index contributed by atoms with van der Waals surface area (Å²) in [6.07, 6.45) is 0.686. The van der Waals surface area contributed by atoms with Crippen LogP contribution in [0.1, 0.15) is 30.9 Å². The molecule has 9 heteroatoms. The lowest BCUT2D eigenvalue weighted by molar-refractivity contribution is -0.141. The molecule has 3 amide bonds. The number of nitrogens with one attached hydrogen (secondary N) is 2. The second-order valence-corrected chi connectivity index (χ2v) is 8.02. The molecule has 2 bridgehead atoms. The Labute approximate surface area is 178 Å². The Balaban J connectivity index is 1.47. The fraction of sp³-hybridized carbons (Fsp3) is 0.364. The van der Waals surface area contributed by atoms with Gasteiger partial charge in [0, 0.05) is 43.4 Å². The van der Waals surface area contributed by atoms with Crippen molar-refractivity contribution in [2.75, 3.05) is 23.7 Å². The number of para-hydroxylation sites is 1. The molecule has 2 aromatic rings. The van der Waals surface area contributed by atoms with Gasteiger partial charge in [0.25, 0.3) is 5.56 Å². The number of carboxylic acid groups (broad SMARTS) is 1. The molecule has 0 aliphatic carbocycles. The molecule has 2 aliphatic heterocycles. The van der Waals surface area contributed by atoms with Crippen LogP contribution in [-0.2, 0) is 16.1 Å². The number of amides is 3. The molecule has 0 unspecified atom stereocenters. The molecule has 0 radical (unpaired) electrons. The molecule has 1 aromatic carbocycles. The van der Waals surface area contributed by atoms with Gasteiger partial charge in [0.2, 0.25) is 5.91 Å². The first-order valence-electron chi connectivity index (χ1n) is 10.3. The highest BCUT2D eigenvalue weighted by molar-refractivity contribution is 5.99. The van der Waals surface area contributed by atoms with Crippen LogP contribution in [0.5, 0.6) is 0 Å². The highest BCUT2D eigenvalue weighted by Gasteiger charge is 2.36. The lowest BCUT2D eigenvalue weighted by Crippen LogP contribution is -2.49. The van der Waals surface area contributed by atoms with Crippen LogP contribution >= 0.6 is 0 Å². The number of benzene rings is 1. The summed E-state index contributed by atoms with van der Waals surface area (Å²) in [7, 11) is 0. The van der Waals surface area contributed by atoms with E-state index in [1.807, 2.05) is 12.1 Å². The Morgan fingerprint density at radius 2 is 1.74 bits per heavy atom. The van der Waals surface area contributed by atoms with Crippen LogP contribution in [-0.4, -0.2) is 45.6 Å². The molecule has 1 saturated heterocycles. The van der Waals surface area contributed by atoms with Crippen molar-refractivity contribution in [3.8, 4) is 0 Å². The normalized spacial score (nSPS) is 19.3. The number of rotatable bonds is 5. The Kier molecular flexibility index (Phi) is 5.75. The quantitative estimate of drug-likeness (QED) is 0.680. The minimum absolute atomic E-state index is 0.0129. The number of fused-ring (bicyclic) bond motifs is 4. The van der Waals surface area contributed by atoms with Crippen LogP contribution in [0, 0.1) is 5.92 Å². The number of carboxylic acids is 1. The van der Waals surface area contributed by atoms with Gasteiger partial charge in [-0.25, -0.2) is 4.79 Å². The van der Waals surface area contributed by atoms with Gasteiger partial charge in [-0.1, -0.05) is 18.2 Å². The lowest BCUT2D eigenvalue weighted by Gasteiger charge is -2.43. The van der Waals surface area contributed by atoms with Crippen molar-refractivity contribution in [3.05, 3.63) is 58.5 Å². The zero-order valence-corrected chi connectivity index (χ0v) is 16.9. The van der Waals surface area contributed by atoms with Crippen molar-refractivity contribution in [3.63, 3.8) is 0 Å². The zero-order chi connectivity index (χ0) is 22.0. The van der Waals surface area contributed by atoms with E-state index in [2.05, 4.69) is 10.6 Å². The molecule has 2 aliphatic rings. The summed E-state index contributed by atoms with van der Waals surface area (Å²) in [5.74, 6) is -1.02. The van der Waals surface area contributed by atoms with Gasteiger partial charge in [-0.3, -0.25) is 14.4 Å². The van der Waals surface area contributed by atoms with Gasteiger partial charge in [-0.15, -0.1) is 0 Å². The van der Waals surface area contributed by atoms with E-state index in [0.717, 1.165) is 12.1 Å². The van der Waals surface area contributed by atoms with Crippen LogP contribution in [0.25, 0.3) is 0 Å². The monoisotopic (exact) mass is 424 g/mol. The van der Waals surface area contributed by atoms with Crippen molar-refractivity contribution in [1.29, 1.82) is 0 Å². The van der Waals surface area contributed by atoms with Gasteiger partial charge in [0.15, 0.2) is 0 Å². The summed E-state index contributed by atoms with van der Waals surface area (Å²) in [5.41, 5.74) is 1.40. The summed E-state index contributed by atoms with van der Waals surface area (Å²) in [6, 6.07) is 11.9. The Morgan fingerprint density at radius 1 is 0.968 bits per heavy atom. The van der Waals surface area contributed by atoms with Crippen LogP contribution in [0.2, 0.25) is 0 Å². The molecule has 1 fully saturated rings. The number of urea groups is 1. The largest absolute Gasteiger partial charge is 0.481 e. The minimum atomic E-state index is -0.987. The van der Waals surface area contributed by atoms with Crippen molar-refractivity contribution in [2.24, 2.45) is 5.92 Å². The number of aromatic nitrogens is 1. The smallest absolute Gasteiger partial charge is 0.323 e. The van der Waals surface area contributed by atoms with Crippen molar-refractivity contribution < 1.29 is 19.5 Å². The van der Waals surface area contributed by atoms with Gasteiger partial charge < -0.3 is 25.2 Å². The van der Waals surface area contributed by atoms with E-state index >= 15 is 0 Å². The highest BCUT2D eigenvalue weighted by atomic mass is 16.4. The standard InChI is InChI=1S/C22H24N4O5/c27-19(8-9-20(28)29)25-11-14-10-15(13-25)18-7-6-17(21(30)26(18)12-14)24-22(31)23-16-4-2-1-3-5-16/h1-7,14-15H,8-13H2,(H,28,29)(H2,23,24,31)/t14-,15+/m0/s1. The molecule has 162 valence electrons. The number of likely N-dealkylation sites (tertiary alicyclic amines) is 1. The fourth-order valence-electron chi connectivity index (χ4n) is 4.42. The number of pyridine rings is 1. The van der Waals surface area contributed by atoms with E-state index in [9.17, 15) is 19.2 Å². The third-order valence-corrected chi connectivity index (χ3v) is 5.79. The SMILES string of the molecule is O=C(O)CCC(=O)N1C[C@@H]2C[C@H](C1)c1ccc(NC(=O)Nc3ccccc3)c(=O)n1C2. The number of nitrogens with zero attached hydrogens (tertiary/aromatic N) is 2. The molecule has 31 heavy (non-hydrogen) atoms. The second kappa shape index (κ2) is 8.63. The van der Waals surface area contributed by atoms with Gasteiger partial charge in [0.05, 0.1) is 6.42 Å².